The highest BCUT2D eigenvalue weighted by Gasteiger charge is 2.31. The summed E-state index contributed by atoms with van der Waals surface area (Å²) >= 11 is -0.324. The van der Waals surface area contributed by atoms with Crippen LogP contribution in [0.2, 0.25) is 0 Å². The Balaban J connectivity index is 1.71. The number of amides is 1. The van der Waals surface area contributed by atoms with Crippen LogP contribution < -0.4 is 5.32 Å². The predicted molar refractivity (Wildman–Crippen MR) is 91.0 cm³/mol. The molecule has 0 fully saturated rings. The van der Waals surface area contributed by atoms with Gasteiger partial charge in [0, 0.05) is 16.0 Å². The molecule has 3 aromatic rings. The molecule has 12 heteroatoms. The van der Waals surface area contributed by atoms with Gasteiger partial charge in [-0.15, -0.1) is 5.10 Å². The zero-order valence-electron chi connectivity index (χ0n) is 14.0. The number of hydrogen-bond donors (Lipinski definition) is 1. The van der Waals surface area contributed by atoms with Crippen molar-refractivity contribution in [2.75, 3.05) is 5.32 Å². The Morgan fingerprint density at radius 1 is 0.966 bits per heavy atom. The molecule has 3 rings (SSSR count). The van der Waals surface area contributed by atoms with Crippen LogP contribution in [0.3, 0.4) is 0 Å². The van der Waals surface area contributed by atoms with Gasteiger partial charge in [0.2, 0.25) is 5.89 Å². The summed E-state index contributed by atoms with van der Waals surface area (Å²) in [5.41, 5.74) is -5.33. The Bertz CT molecular complexity index is 1010. The Labute approximate surface area is 163 Å². The number of carbonyl (C=O) groups excluding carboxylic acids is 1. The van der Waals surface area contributed by atoms with Gasteiger partial charge in [-0.05, 0) is 54.2 Å². The molecule has 1 N–H and O–H groups in total. The molecule has 0 bridgehead atoms. The van der Waals surface area contributed by atoms with Gasteiger partial charge in [-0.2, -0.15) is 26.3 Å². The van der Waals surface area contributed by atoms with E-state index in [1.54, 1.807) is 0 Å². The number of nitrogens with one attached hydrogen (secondary N) is 1. The Kier molecular flexibility index (Phi) is 5.55. The van der Waals surface area contributed by atoms with Crippen molar-refractivity contribution >= 4 is 23.7 Å². The maximum absolute atomic E-state index is 12.8. The van der Waals surface area contributed by atoms with Gasteiger partial charge in [-0.25, -0.2) is 0 Å². The van der Waals surface area contributed by atoms with Crippen molar-refractivity contribution in [2.24, 2.45) is 0 Å². The Morgan fingerprint density at radius 3 is 2.28 bits per heavy atom. The molecular weight excluding hydrogens is 424 g/mol. The predicted octanol–water partition coefficient (Wildman–Crippen LogP) is 5.62. The van der Waals surface area contributed by atoms with Crippen LogP contribution in [0.25, 0.3) is 11.5 Å². The molecule has 2 aromatic carbocycles. The lowest BCUT2D eigenvalue weighted by Crippen LogP contribution is -2.12. The molecule has 0 saturated heterocycles. The number of thioether (sulfide) groups is 1. The number of alkyl halides is 6. The number of benzene rings is 2. The van der Waals surface area contributed by atoms with E-state index in [0.717, 1.165) is 24.3 Å². The molecule has 0 atom stereocenters. The average Bonchev–Trinajstić information content (AvgIpc) is 3.09. The van der Waals surface area contributed by atoms with Crippen molar-refractivity contribution in [1.82, 2.24) is 10.2 Å². The number of hydrogen-bond acceptors (Lipinski definition) is 5. The zero-order valence-corrected chi connectivity index (χ0v) is 14.8. The Morgan fingerprint density at radius 2 is 1.66 bits per heavy atom. The zero-order chi connectivity index (χ0) is 21.2. The maximum atomic E-state index is 12.8. The monoisotopic (exact) mass is 433 g/mol. The van der Waals surface area contributed by atoms with Crippen LogP contribution in [-0.2, 0) is 6.18 Å². The van der Waals surface area contributed by atoms with E-state index in [0.29, 0.717) is 0 Å². The summed E-state index contributed by atoms with van der Waals surface area (Å²) in [4.78, 5) is 12.0. The number of halogens is 6. The lowest BCUT2D eigenvalue weighted by Gasteiger charge is -2.06. The fourth-order valence-electron chi connectivity index (χ4n) is 2.20. The molecule has 152 valence electrons. The molecule has 0 unspecified atom stereocenters. The molecule has 0 aliphatic rings. The molecule has 29 heavy (non-hydrogen) atoms. The van der Waals surface area contributed by atoms with Crippen LogP contribution in [-0.4, -0.2) is 21.6 Å². The first-order valence-electron chi connectivity index (χ1n) is 7.69. The fourth-order valence-corrected chi connectivity index (χ4v) is 2.74. The molecule has 0 aliphatic heterocycles. The first-order chi connectivity index (χ1) is 13.5. The topological polar surface area (TPSA) is 68.0 Å². The molecule has 0 aliphatic carbocycles. The summed E-state index contributed by atoms with van der Waals surface area (Å²) < 4.78 is 80.4. The number of rotatable bonds is 4. The van der Waals surface area contributed by atoms with E-state index in [9.17, 15) is 31.1 Å². The van der Waals surface area contributed by atoms with E-state index in [2.05, 4.69) is 15.5 Å². The summed E-state index contributed by atoms with van der Waals surface area (Å²) in [5, 5.41) is 9.35. The maximum Gasteiger partial charge on any atom is 0.446 e. The minimum Gasteiger partial charge on any atom is -0.403 e. The van der Waals surface area contributed by atoms with Gasteiger partial charge in [0.1, 0.15) is 0 Å². The molecule has 1 amide bonds. The van der Waals surface area contributed by atoms with Crippen molar-refractivity contribution in [3.63, 3.8) is 0 Å². The fraction of sp³-hybridized carbons (Fsp3) is 0.118. The van der Waals surface area contributed by atoms with Crippen LogP contribution in [0.5, 0.6) is 0 Å². The van der Waals surface area contributed by atoms with Crippen molar-refractivity contribution in [3.8, 4) is 11.5 Å². The largest absolute Gasteiger partial charge is 0.446 e. The standard InChI is InChI=1S/C17H9F6N3O2S/c18-16(19,20)11-3-1-2-10(8-11)14-25-26-15(28-14)24-13(27)9-4-6-12(7-5-9)29-17(21,22)23/h1-8H,(H,24,26,27). The van der Waals surface area contributed by atoms with E-state index >= 15 is 0 Å². The van der Waals surface area contributed by atoms with E-state index < -0.39 is 23.2 Å². The van der Waals surface area contributed by atoms with Gasteiger partial charge in [-0.3, -0.25) is 10.1 Å². The van der Waals surface area contributed by atoms with Gasteiger partial charge in [0.25, 0.3) is 5.91 Å². The molecule has 0 radical (unpaired) electrons. The highest BCUT2D eigenvalue weighted by Crippen LogP contribution is 2.36. The van der Waals surface area contributed by atoms with Gasteiger partial charge in [0.15, 0.2) is 0 Å². The quantitative estimate of drug-likeness (QED) is 0.427. The number of aromatic nitrogens is 2. The second kappa shape index (κ2) is 7.78. The highest BCUT2D eigenvalue weighted by atomic mass is 32.2. The third kappa shape index (κ3) is 5.50. The van der Waals surface area contributed by atoms with Gasteiger partial charge in [-0.1, -0.05) is 11.2 Å². The van der Waals surface area contributed by atoms with E-state index in [4.69, 9.17) is 4.42 Å². The first kappa shape index (κ1) is 20.7. The normalized spacial score (nSPS) is 12.1. The molecule has 1 aromatic heterocycles. The lowest BCUT2D eigenvalue weighted by molar-refractivity contribution is -0.137. The van der Waals surface area contributed by atoms with Gasteiger partial charge >= 0.3 is 17.7 Å². The SMILES string of the molecule is O=C(Nc1nnc(-c2cccc(C(F)(F)F)c2)o1)c1ccc(SC(F)(F)F)cc1. The molecule has 5 nitrogen and oxygen atoms in total. The van der Waals surface area contributed by atoms with Crippen LogP contribution in [0.15, 0.2) is 57.8 Å². The summed E-state index contributed by atoms with van der Waals surface area (Å²) in [6.07, 6.45) is -4.55. The molecular formula is C17H9F6N3O2S. The van der Waals surface area contributed by atoms with Crippen molar-refractivity contribution in [3.05, 3.63) is 59.7 Å². The second-order valence-corrected chi connectivity index (χ2v) is 6.66. The van der Waals surface area contributed by atoms with Crippen LogP contribution in [0, 0.1) is 0 Å². The van der Waals surface area contributed by atoms with Gasteiger partial charge < -0.3 is 4.42 Å². The number of nitrogens with zero attached hydrogens (tertiary/aromatic N) is 2. The van der Waals surface area contributed by atoms with Crippen molar-refractivity contribution in [1.29, 1.82) is 0 Å². The molecule has 0 saturated carbocycles. The van der Waals surface area contributed by atoms with Crippen LogP contribution in [0.4, 0.5) is 32.4 Å². The molecule has 1 heterocycles. The third-order valence-electron chi connectivity index (χ3n) is 3.43. The second-order valence-electron chi connectivity index (χ2n) is 5.52. The summed E-state index contributed by atoms with van der Waals surface area (Å²) in [7, 11) is 0. The summed E-state index contributed by atoms with van der Waals surface area (Å²) in [6, 6.07) is 8.40. The van der Waals surface area contributed by atoms with Crippen LogP contribution >= 0.6 is 11.8 Å². The number of carbonyl (C=O) groups is 1. The third-order valence-corrected chi connectivity index (χ3v) is 4.17. The highest BCUT2D eigenvalue weighted by molar-refractivity contribution is 8.00. The summed E-state index contributed by atoms with van der Waals surface area (Å²) in [5.74, 6) is -0.990. The average molecular weight is 433 g/mol. The first-order valence-corrected chi connectivity index (χ1v) is 8.51. The van der Waals surface area contributed by atoms with E-state index in [1.807, 2.05) is 0 Å². The smallest absolute Gasteiger partial charge is 0.403 e. The lowest BCUT2D eigenvalue weighted by atomic mass is 10.1. The Hall–Kier alpha value is -3.02. The minimum absolute atomic E-state index is 0.00125. The summed E-state index contributed by atoms with van der Waals surface area (Å²) in [6.45, 7) is 0. The minimum atomic E-state index is -4.55. The van der Waals surface area contributed by atoms with Crippen molar-refractivity contribution in [2.45, 2.75) is 16.6 Å². The van der Waals surface area contributed by atoms with Gasteiger partial charge in [0.05, 0.1) is 5.56 Å². The van der Waals surface area contributed by atoms with E-state index in [-0.39, 0.29) is 39.7 Å². The van der Waals surface area contributed by atoms with E-state index in [1.165, 1.54) is 24.3 Å². The molecule has 0 spiro atoms. The van der Waals surface area contributed by atoms with Crippen molar-refractivity contribution < 1.29 is 35.6 Å². The van der Waals surface area contributed by atoms with Crippen LogP contribution in [0.1, 0.15) is 15.9 Å². The number of anilines is 1.